The number of hydroxylamine groups is 1. The van der Waals surface area contributed by atoms with Crippen LogP contribution in [0.2, 0.25) is 0 Å². The van der Waals surface area contributed by atoms with E-state index in [0.717, 1.165) is 0 Å². The molecule has 0 aliphatic rings. The first-order valence-corrected chi connectivity index (χ1v) is 4.84. The number of nitrogens with one attached hydrogen (secondary N) is 3. The van der Waals surface area contributed by atoms with E-state index < -0.39 is 11.4 Å². The van der Waals surface area contributed by atoms with Gasteiger partial charge >= 0.3 is 0 Å². The molecule has 0 saturated heterocycles. The van der Waals surface area contributed by atoms with E-state index in [9.17, 15) is 4.79 Å². The van der Waals surface area contributed by atoms with Crippen LogP contribution in [-0.2, 0) is 4.79 Å². The fourth-order valence-electron chi connectivity index (χ4n) is 1.36. The van der Waals surface area contributed by atoms with Gasteiger partial charge in [0.15, 0.2) is 5.54 Å². The van der Waals surface area contributed by atoms with Gasteiger partial charge in [0.1, 0.15) is 0 Å². The predicted molar refractivity (Wildman–Crippen MR) is 60.7 cm³/mol. The van der Waals surface area contributed by atoms with Crippen LogP contribution < -0.4 is 10.8 Å². The van der Waals surface area contributed by atoms with Gasteiger partial charge in [-0.05, 0) is 12.5 Å². The molecule has 0 aliphatic carbocycles. The first-order chi connectivity index (χ1) is 7.56. The van der Waals surface area contributed by atoms with E-state index in [1.54, 1.807) is 24.3 Å². The van der Waals surface area contributed by atoms with Crippen molar-refractivity contribution in [3.63, 3.8) is 0 Å². The number of benzene rings is 1. The van der Waals surface area contributed by atoms with Gasteiger partial charge in [0.25, 0.3) is 0 Å². The third kappa shape index (κ3) is 2.10. The Morgan fingerprint density at radius 1 is 1.38 bits per heavy atom. The number of amides is 1. The molecular formula is C11H15N3O2. The standard InChI is InChI=1S/C11H15N3O2/c1-11(14-16,10(15)13-2)9(12)8-6-4-3-5-7-8/h3-7,12,14,16H,1-2H3,(H,13,15). The topological polar surface area (TPSA) is 85.2 Å². The molecular weight excluding hydrogens is 206 g/mol. The van der Waals surface area contributed by atoms with Crippen LogP contribution in [0, 0.1) is 5.41 Å². The van der Waals surface area contributed by atoms with Crippen LogP contribution in [0.25, 0.3) is 0 Å². The monoisotopic (exact) mass is 221 g/mol. The van der Waals surface area contributed by atoms with Crippen molar-refractivity contribution in [2.24, 2.45) is 0 Å². The Labute approximate surface area is 94.0 Å². The summed E-state index contributed by atoms with van der Waals surface area (Å²) in [6.45, 7) is 1.45. The zero-order valence-corrected chi connectivity index (χ0v) is 9.24. The first kappa shape index (κ1) is 12.4. The lowest BCUT2D eigenvalue weighted by Crippen LogP contribution is -2.58. The van der Waals surface area contributed by atoms with Gasteiger partial charge in [-0.2, -0.15) is 5.48 Å². The van der Waals surface area contributed by atoms with E-state index in [4.69, 9.17) is 10.6 Å². The summed E-state index contributed by atoms with van der Waals surface area (Å²) in [5.41, 5.74) is 1.03. The summed E-state index contributed by atoms with van der Waals surface area (Å²) >= 11 is 0. The summed E-state index contributed by atoms with van der Waals surface area (Å²) < 4.78 is 0. The molecule has 4 N–H and O–H groups in total. The van der Waals surface area contributed by atoms with Crippen LogP contribution in [-0.4, -0.2) is 29.4 Å². The molecule has 0 radical (unpaired) electrons. The lowest BCUT2D eigenvalue weighted by Gasteiger charge is -2.26. The summed E-state index contributed by atoms with van der Waals surface area (Å²) in [7, 11) is 1.45. The molecule has 0 spiro atoms. The fraction of sp³-hybridized carbons (Fsp3) is 0.273. The maximum absolute atomic E-state index is 11.6. The van der Waals surface area contributed by atoms with Gasteiger partial charge in [-0.3, -0.25) is 4.79 Å². The Hall–Kier alpha value is -1.72. The average molecular weight is 221 g/mol. The first-order valence-electron chi connectivity index (χ1n) is 4.84. The van der Waals surface area contributed by atoms with Crippen molar-refractivity contribution >= 4 is 11.6 Å². The molecule has 0 fully saturated rings. The summed E-state index contributed by atoms with van der Waals surface area (Å²) in [6.07, 6.45) is 0. The molecule has 16 heavy (non-hydrogen) atoms. The molecule has 0 aliphatic heterocycles. The fourth-order valence-corrected chi connectivity index (χ4v) is 1.36. The van der Waals surface area contributed by atoms with E-state index in [1.807, 2.05) is 11.5 Å². The summed E-state index contributed by atoms with van der Waals surface area (Å²) in [5, 5.41) is 19.4. The largest absolute Gasteiger partial charge is 0.357 e. The second-order valence-electron chi connectivity index (χ2n) is 3.56. The minimum atomic E-state index is -1.45. The zero-order valence-electron chi connectivity index (χ0n) is 9.24. The van der Waals surface area contributed by atoms with Gasteiger partial charge in [0.2, 0.25) is 5.91 Å². The van der Waals surface area contributed by atoms with Gasteiger partial charge in [0.05, 0.1) is 5.71 Å². The third-order valence-corrected chi connectivity index (χ3v) is 2.47. The van der Waals surface area contributed by atoms with Gasteiger partial charge in [0, 0.05) is 7.05 Å². The molecule has 1 amide bonds. The second kappa shape index (κ2) is 4.87. The van der Waals surface area contributed by atoms with Crippen LogP contribution in [0.4, 0.5) is 0 Å². The van der Waals surface area contributed by atoms with E-state index in [2.05, 4.69) is 5.32 Å². The highest BCUT2D eigenvalue weighted by molar-refractivity contribution is 6.18. The maximum atomic E-state index is 11.6. The predicted octanol–water partition coefficient (Wildman–Crippen LogP) is 0.538. The van der Waals surface area contributed by atoms with Crippen molar-refractivity contribution in [2.75, 3.05) is 7.05 Å². The highest BCUT2D eigenvalue weighted by Crippen LogP contribution is 2.13. The van der Waals surface area contributed by atoms with Crippen molar-refractivity contribution in [2.45, 2.75) is 12.5 Å². The van der Waals surface area contributed by atoms with Gasteiger partial charge < -0.3 is 15.9 Å². The molecule has 1 atom stereocenters. The smallest absolute Gasteiger partial charge is 0.248 e. The van der Waals surface area contributed by atoms with E-state index in [-0.39, 0.29) is 5.71 Å². The molecule has 5 nitrogen and oxygen atoms in total. The highest BCUT2D eigenvalue weighted by Gasteiger charge is 2.37. The van der Waals surface area contributed by atoms with Gasteiger partial charge in [-0.15, -0.1) is 0 Å². The Morgan fingerprint density at radius 3 is 2.38 bits per heavy atom. The molecule has 5 heteroatoms. The van der Waals surface area contributed by atoms with Gasteiger partial charge in [-0.25, -0.2) is 0 Å². The molecule has 1 unspecified atom stereocenters. The van der Waals surface area contributed by atoms with Crippen LogP contribution in [0.15, 0.2) is 30.3 Å². The van der Waals surface area contributed by atoms with Crippen LogP contribution in [0.1, 0.15) is 12.5 Å². The van der Waals surface area contributed by atoms with Crippen LogP contribution >= 0.6 is 0 Å². The third-order valence-electron chi connectivity index (χ3n) is 2.47. The average Bonchev–Trinajstić information content (AvgIpc) is 2.36. The van der Waals surface area contributed by atoms with Gasteiger partial charge in [-0.1, -0.05) is 30.3 Å². The maximum Gasteiger partial charge on any atom is 0.248 e. The lowest BCUT2D eigenvalue weighted by atomic mass is 9.90. The molecule has 0 aromatic heterocycles. The Bertz CT molecular complexity index is 391. The minimum absolute atomic E-state index is 0.00921. The number of carbonyl (C=O) groups is 1. The quantitative estimate of drug-likeness (QED) is 0.442. The molecule has 0 saturated carbocycles. The van der Waals surface area contributed by atoms with E-state index >= 15 is 0 Å². The summed E-state index contributed by atoms with van der Waals surface area (Å²) in [6, 6.07) is 8.78. The van der Waals surface area contributed by atoms with Crippen LogP contribution in [0.5, 0.6) is 0 Å². The molecule has 1 rings (SSSR count). The lowest BCUT2D eigenvalue weighted by molar-refractivity contribution is -0.127. The molecule has 1 aromatic carbocycles. The van der Waals surface area contributed by atoms with Crippen molar-refractivity contribution in [1.82, 2.24) is 10.8 Å². The normalized spacial score (nSPS) is 13.9. The minimum Gasteiger partial charge on any atom is -0.357 e. The number of rotatable bonds is 4. The summed E-state index contributed by atoms with van der Waals surface area (Å²) in [5.74, 6) is -0.469. The number of hydrogen-bond acceptors (Lipinski definition) is 4. The number of likely N-dealkylation sites (N-methyl/N-ethyl adjacent to an activating group) is 1. The molecule has 1 aromatic rings. The molecule has 86 valence electrons. The Balaban J connectivity index is 3.07. The van der Waals surface area contributed by atoms with Crippen molar-refractivity contribution in [3.8, 4) is 0 Å². The van der Waals surface area contributed by atoms with Crippen LogP contribution in [0.3, 0.4) is 0 Å². The Kier molecular flexibility index (Phi) is 3.76. The van der Waals surface area contributed by atoms with Crippen molar-refractivity contribution < 1.29 is 10.0 Å². The second-order valence-corrected chi connectivity index (χ2v) is 3.56. The van der Waals surface area contributed by atoms with E-state index in [0.29, 0.717) is 5.56 Å². The molecule has 0 bridgehead atoms. The van der Waals surface area contributed by atoms with E-state index in [1.165, 1.54) is 14.0 Å². The zero-order chi connectivity index (χ0) is 12.2. The highest BCUT2D eigenvalue weighted by atomic mass is 16.5. The number of carbonyl (C=O) groups excluding carboxylic acids is 1. The van der Waals surface area contributed by atoms with Crippen molar-refractivity contribution in [3.05, 3.63) is 35.9 Å². The SMILES string of the molecule is CNC(=O)C(C)(NO)C(=N)c1ccccc1. The van der Waals surface area contributed by atoms with Crippen molar-refractivity contribution in [1.29, 1.82) is 5.41 Å². The number of hydrogen-bond donors (Lipinski definition) is 4. The molecule has 0 heterocycles. The Morgan fingerprint density at radius 2 is 1.94 bits per heavy atom. The summed E-state index contributed by atoms with van der Waals surface area (Å²) in [4.78, 5) is 11.6.